The quantitative estimate of drug-likeness (QED) is 0.708. The highest BCUT2D eigenvalue weighted by Crippen LogP contribution is 2.65. The van der Waals surface area contributed by atoms with Gasteiger partial charge in [-0.1, -0.05) is 11.6 Å². The van der Waals surface area contributed by atoms with Gasteiger partial charge in [0.05, 0.1) is 16.0 Å². The molecule has 11 heteroatoms. The Kier molecular flexibility index (Phi) is 4.90. The lowest BCUT2D eigenvalue weighted by Gasteiger charge is -2.37. The highest BCUT2D eigenvalue weighted by Gasteiger charge is 2.72. The van der Waals surface area contributed by atoms with Crippen molar-refractivity contribution in [1.29, 1.82) is 0 Å². The van der Waals surface area contributed by atoms with Crippen LogP contribution in [0.3, 0.4) is 0 Å². The van der Waals surface area contributed by atoms with Crippen molar-refractivity contribution in [2.75, 3.05) is 49.5 Å². The second-order valence-electron chi connectivity index (χ2n) is 9.60. The molecule has 8 nitrogen and oxygen atoms in total. The number of fused-ring (bicyclic) bond motifs is 1. The summed E-state index contributed by atoms with van der Waals surface area (Å²) in [5.41, 5.74) is 0.384. The van der Waals surface area contributed by atoms with E-state index in [0.717, 1.165) is 17.3 Å². The van der Waals surface area contributed by atoms with Crippen LogP contribution >= 0.6 is 11.6 Å². The van der Waals surface area contributed by atoms with E-state index in [-0.39, 0.29) is 25.2 Å². The van der Waals surface area contributed by atoms with Crippen molar-refractivity contribution in [2.24, 2.45) is 5.41 Å². The number of carbonyl (C=O) groups excluding carboxylic acids is 1. The van der Waals surface area contributed by atoms with E-state index in [9.17, 15) is 13.6 Å². The van der Waals surface area contributed by atoms with Crippen LogP contribution in [0.15, 0.2) is 24.4 Å². The monoisotopic (exact) mass is 490 g/mol. The minimum atomic E-state index is -2.59. The van der Waals surface area contributed by atoms with Crippen LogP contribution in [0, 0.1) is 12.3 Å². The number of amides is 1. The first-order valence-corrected chi connectivity index (χ1v) is 11.9. The zero-order valence-corrected chi connectivity index (χ0v) is 19.5. The van der Waals surface area contributed by atoms with Crippen LogP contribution in [0.1, 0.15) is 28.9 Å². The van der Waals surface area contributed by atoms with Gasteiger partial charge in [-0.15, -0.1) is 0 Å². The van der Waals surface area contributed by atoms with E-state index in [1.54, 1.807) is 15.9 Å². The minimum Gasteiger partial charge on any atom is -0.453 e. The second kappa shape index (κ2) is 7.64. The Morgan fingerprint density at radius 3 is 2.68 bits per heavy atom. The Hall–Kier alpha value is -2.72. The Morgan fingerprint density at radius 1 is 1.24 bits per heavy atom. The molecule has 0 bridgehead atoms. The number of alkyl halides is 2. The number of carbonyl (C=O) groups is 1. The molecule has 2 atom stereocenters. The molecule has 0 aromatic carbocycles. The highest BCUT2D eigenvalue weighted by atomic mass is 35.5. The van der Waals surface area contributed by atoms with Gasteiger partial charge in [0.25, 0.3) is 11.8 Å². The Labute approximate surface area is 200 Å². The zero-order valence-electron chi connectivity index (χ0n) is 18.7. The molecule has 3 fully saturated rings. The van der Waals surface area contributed by atoms with Gasteiger partial charge in [-0.25, -0.2) is 23.6 Å². The molecule has 1 N–H and O–H groups in total. The molecule has 2 unspecified atom stereocenters. The molecule has 5 heterocycles. The number of aryl methyl sites for hydroxylation is 1. The fraction of sp³-hybridized carbons (Fsp3) is 0.522. The van der Waals surface area contributed by atoms with E-state index in [4.69, 9.17) is 16.3 Å². The summed E-state index contributed by atoms with van der Waals surface area (Å²) in [7, 11) is 0. The van der Waals surface area contributed by atoms with Gasteiger partial charge >= 0.3 is 0 Å². The lowest BCUT2D eigenvalue weighted by molar-refractivity contribution is 0.0177. The van der Waals surface area contributed by atoms with Crippen molar-refractivity contribution in [2.45, 2.75) is 32.0 Å². The van der Waals surface area contributed by atoms with Crippen LogP contribution < -0.4 is 15.0 Å². The van der Waals surface area contributed by atoms with Gasteiger partial charge in [-0.3, -0.25) is 4.79 Å². The summed E-state index contributed by atoms with van der Waals surface area (Å²) in [6.07, 6.45) is 1.56. The number of halogens is 3. The number of rotatable bonds is 3. The Balaban J connectivity index is 1.07. The lowest BCUT2D eigenvalue weighted by Crippen LogP contribution is -2.54. The molecule has 1 aliphatic carbocycles. The number of anilines is 2. The summed E-state index contributed by atoms with van der Waals surface area (Å²) < 4.78 is 33.4. The van der Waals surface area contributed by atoms with Crippen LogP contribution in [0.25, 0.3) is 0 Å². The molecule has 1 amide bonds. The Bertz CT molecular complexity index is 1160. The largest absolute Gasteiger partial charge is 0.453 e. The van der Waals surface area contributed by atoms with Crippen molar-refractivity contribution >= 4 is 29.1 Å². The van der Waals surface area contributed by atoms with Crippen LogP contribution in [-0.2, 0) is 0 Å². The zero-order chi connectivity index (χ0) is 23.7. The topological polar surface area (TPSA) is 73.8 Å². The van der Waals surface area contributed by atoms with Crippen molar-refractivity contribution < 1.29 is 18.3 Å². The van der Waals surface area contributed by atoms with E-state index in [0.29, 0.717) is 55.5 Å². The maximum atomic E-state index is 13.7. The summed E-state index contributed by atoms with van der Waals surface area (Å²) in [5.74, 6) is -0.810. The van der Waals surface area contributed by atoms with Crippen molar-refractivity contribution in [1.82, 2.24) is 19.8 Å². The van der Waals surface area contributed by atoms with Crippen molar-refractivity contribution in [3.05, 3.63) is 40.7 Å². The molecule has 3 aliphatic heterocycles. The molecule has 1 spiro atoms. The summed E-state index contributed by atoms with van der Waals surface area (Å²) in [5, 5.41) is 3.60. The van der Waals surface area contributed by atoms with Gasteiger partial charge in [0, 0.05) is 57.6 Å². The summed E-state index contributed by atoms with van der Waals surface area (Å²) in [6, 6.07) is 5.41. The van der Waals surface area contributed by atoms with Gasteiger partial charge < -0.3 is 19.9 Å². The summed E-state index contributed by atoms with van der Waals surface area (Å²) >= 11 is 6.44. The van der Waals surface area contributed by atoms with Crippen molar-refractivity contribution in [3.63, 3.8) is 0 Å². The third-order valence-electron chi connectivity index (χ3n) is 7.36. The number of piperazine rings is 1. The number of nitrogens with one attached hydrogen (secondary N) is 1. The SMILES string of the molecule is Cc1ccc2c(n1)NC(N1CCN(C(=O)c3cnc(N4CCC5(C4)CC5(F)F)c(Cl)c3)CC1)O2. The molecule has 2 saturated heterocycles. The maximum absolute atomic E-state index is 13.7. The maximum Gasteiger partial charge on any atom is 0.256 e. The van der Waals surface area contributed by atoms with Gasteiger partial charge in [0.1, 0.15) is 5.82 Å². The van der Waals surface area contributed by atoms with Gasteiger partial charge in [-0.05, 0) is 31.5 Å². The number of aromatic nitrogens is 2. The normalized spacial score (nSPS) is 27.5. The summed E-state index contributed by atoms with van der Waals surface area (Å²) in [4.78, 5) is 27.6. The molecular weight excluding hydrogens is 466 g/mol. The predicted molar refractivity (Wildman–Crippen MR) is 123 cm³/mol. The minimum absolute atomic E-state index is 0.0691. The predicted octanol–water partition coefficient (Wildman–Crippen LogP) is 3.22. The second-order valence-corrected chi connectivity index (χ2v) is 10.0. The molecular formula is C23H25ClF2N6O2. The smallest absolute Gasteiger partial charge is 0.256 e. The molecule has 2 aromatic heterocycles. The average molecular weight is 491 g/mol. The van der Waals surface area contributed by atoms with Crippen LogP contribution in [0.5, 0.6) is 5.75 Å². The molecule has 180 valence electrons. The molecule has 1 saturated carbocycles. The van der Waals surface area contributed by atoms with E-state index in [1.165, 1.54) is 6.20 Å². The third-order valence-corrected chi connectivity index (χ3v) is 7.64. The molecule has 6 rings (SSSR count). The number of nitrogens with zero attached hydrogens (tertiary/aromatic N) is 5. The average Bonchev–Trinajstić information content (AvgIpc) is 3.17. The first kappa shape index (κ1) is 21.8. The van der Waals surface area contributed by atoms with E-state index < -0.39 is 11.3 Å². The Morgan fingerprint density at radius 2 is 2.00 bits per heavy atom. The molecule has 34 heavy (non-hydrogen) atoms. The molecule has 0 radical (unpaired) electrons. The first-order valence-electron chi connectivity index (χ1n) is 11.5. The fourth-order valence-corrected chi connectivity index (χ4v) is 5.46. The van der Waals surface area contributed by atoms with Crippen molar-refractivity contribution in [3.8, 4) is 5.75 Å². The summed E-state index contributed by atoms with van der Waals surface area (Å²) in [6.45, 7) is 5.02. The highest BCUT2D eigenvalue weighted by molar-refractivity contribution is 6.33. The fourth-order valence-electron chi connectivity index (χ4n) is 5.17. The van der Waals surface area contributed by atoms with E-state index >= 15 is 0 Å². The third kappa shape index (κ3) is 3.54. The number of pyridine rings is 2. The molecule has 2 aromatic rings. The van der Waals surface area contributed by atoms with E-state index in [1.807, 2.05) is 19.1 Å². The first-order chi connectivity index (χ1) is 16.2. The van der Waals surface area contributed by atoms with Gasteiger partial charge in [0.15, 0.2) is 11.6 Å². The van der Waals surface area contributed by atoms with Crippen LogP contribution in [-0.4, -0.2) is 77.2 Å². The number of hydrogen-bond acceptors (Lipinski definition) is 7. The number of ether oxygens (including phenoxy) is 1. The number of hydrogen-bond donors (Lipinski definition) is 1. The van der Waals surface area contributed by atoms with Crippen LogP contribution in [0.2, 0.25) is 5.02 Å². The van der Waals surface area contributed by atoms with E-state index in [2.05, 4.69) is 20.2 Å². The standard InChI is InChI=1S/C23H25ClF2N6O2/c1-14-2-3-17-18(28-14)29-21(34-17)31-8-6-30(7-9-31)20(33)15-10-16(24)19(27-11-15)32-5-4-22(13-32)12-23(22,25)26/h2-3,10-11,21H,4-9,12-13H2,1H3,(H,28,29). The van der Waals surface area contributed by atoms with Crippen LogP contribution in [0.4, 0.5) is 20.4 Å². The lowest BCUT2D eigenvalue weighted by atomic mass is 10.1. The van der Waals surface area contributed by atoms with Gasteiger partial charge in [-0.2, -0.15) is 0 Å². The molecule has 4 aliphatic rings. The van der Waals surface area contributed by atoms with Gasteiger partial charge in [0.2, 0.25) is 6.35 Å².